The minimum atomic E-state index is -1.14. The number of aromatic amines is 1. The van der Waals surface area contributed by atoms with Gasteiger partial charge in [-0.05, 0) is 12.1 Å². The number of carboxylic acids is 1. The van der Waals surface area contributed by atoms with E-state index in [1.165, 1.54) is 12.3 Å². The van der Waals surface area contributed by atoms with Crippen molar-refractivity contribution in [2.24, 2.45) is 0 Å². The molecule has 0 radical (unpaired) electrons. The van der Waals surface area contributed by atoms with Crippen LogP contribution in [0.1, 0.15) is 20.8 Å². The topological polar surface area (TPSA) is 111 Å². The molecular weight excluding hydrogens is 262 g/mol. The number of amides is 1. The molecule has 20 heavy (non-hydrogen) atoms. The Morgan fingerprint density at radius 3 is 2.70 bits per heavy atom. The summed E-state index contributed by atoms with van der Waals surface area (Å²) in [4.78, 5) is 28.6. The number of aromatic carboxylic acids is 1. The van der Waals surface area contributed by atoms with Crippen LogP contribution < -0.4 is 10.2 Å². The van der Waals surface area contributed by atoms with Gasteiger partial charge in [0.2, 0.25) is 0 Å². The summed E-state index contributed by atoms with van der Waals surface area (Å²) in [6.07, 6.45) is 1.53. The van der Waals surface area contributed by atoms with Crippen molar-refractivity contribution in [2.75, 3.05) is 24.3 Å². The highest BCUT2D eigenvalue weighted by atomic mass is 16.4. The van der Waals surface area contributed by atoms with Crippen molar-refractivity contribution in [3.8, 4) is 0 Å². The molecule has 2 aromatic heterocycles. The molecule has 0 saturated carbocycles. The fourth-order valence-electron chi connectivity index (χ4n) is 1.49. The van der Waals surface area contributed by atoms with Gasteiger partial charge >= 0.3 is 5.97 Å². The van der Waals surface area contributed by atoms with Crippen molar-refractivity contribution in [3.63, 3.8) is 0 Å². The summed E-state index contributed by atoms with van der Waals surface area (Å²) in [7, 11) is 3.63. The zero-order valence-corrected chi connectivity index (χ0v) is 10.9. The van der Waals surface area contributed by atoms with Gasteiger partial charge < -0.3 is 15.3 Å². The van der Waals surface area contributed by atoms with E-state index in [1.54, 1.807) is 17.0 Å². The van der Waals surface area contributed by atoms with Gasteiger partial charge in [-0.25, -0.2) is 9.78 Å². The number of carbonyl (C=O) groups is 2. The van der Waals surface area contributed by atoms with Crippen LogP contribution in [0.4, 0.5) is 11.6 Å². The van der Waals surface area contributed by atoms with Gasteiger partial charge in [0.15, 0.2) is 5.82 Å². The van der Waals surface area contributed by atoms with Gasteiger partial charge in [0.05, 0.1) is 0 Å². The summed E-state index contributed by atoms with van der Waals surface area (Å²) in [5.41, 5.74) is 0.313. The number of hydrogen-bond acceptors (Lipinski definition) is 5. The zero-order chi connectivity index (χ0) is 14.7. The predicted octanol–water partition coefficient (Wildman–Crippen LogP) is 0.821. The maximum Gasteiger partial charge on any atom is 0.353 e. The second-order valence-electron chi connectivity index (χ2n) is 4.22. The molecule has 2 heterocycles. The van der Waals surface area contributed by atoms with E-state index in [1.807, 2.05) is 14.1 Å². The highest BCUT2D eigenvalue weighted by Crippen LogP contribution is 2.12. The number of H-pyrrole nitrogens is 1. The Kier molecular flexibility index (Phi) is 3.65. The maximum atomic E-state index is 12.0. The number of carbonyl (C=O) groups excluding carboxylic acids is 1. The molecule has 104 valence electrons. The number of nitrogens with one attached hydrogen (secondary N) is 2. The van der Waals surface area contributed by atoms with E-state index in [2.05, 4.69) is 20.5 Å². The fourth-order valence-corrected chi connectivity index (χ4v) is 1.49. The van der Waals surface area contributed by atoms with Crippen LogP contribution in [-0.4, -0.2) is 46.3 Å². The van der Waals surface area contributed by atoms with Crippen LogP contribution in [0.3, 0.4) is 0 Å². The number of hydrogen-bond donors (Lipinski definition) is 3. The molecule has 0 aliphatic rings. The lowest BCUT2D eigenvalue weighted by molar-refractivity contribution is 0.0690. The summed E-state index contributed by atoms with van der Waals surface area (Å²) in [5, 5.41) is 17.3. The Morgan fingerprint density at radius 1 is 1.35 bits per heavy atom. The first-order valence-corrected chi connectivity index (χ1v) is 5.71. The molecular formula is C12H13N5O3. The Bertz CT molecular complexity index is 650. The van der Waals surface area contributed by atoms with Crippen molar-refractivity contribution < 1.29 is 14.7 Å². The molecule has 2 aromatic rings. The summed E-state index contributed by atoms with van der Waals surface area (Å²) in [6, 6.07) is 4.43. The molecule has 3 N–H and O–H groups in total. The normalized spacial score (nSPS) is 10.1. The summed E-state index contributed by atoms with van der Waals surface area (Å²) >= 11 is 0. The fraction of sp³-hybridized carbons (Fsp3) is 0.167. The lowest BCUT2D eigenvalue weighted by atomic mass is 10.2. The second kappa shape index (κ2) is 5.39. The molecule has 0 fully saturated rings. The molecule has 0 saturated heterocycles. The SMILES string of the molecule is CN(C)c1cc(C(=O)Nc2cc(C(=O)O)[nH]n2)ccn1. The second-order valence-corrected chi connectivity index (χ2v) is 4.22. The van der Waals surface area contributed by atoms with Gasteiger partial charge in [-0.1, -0.05) is 0 Å². The minimum absolute atomic E-state index is 0.0935. The van der Waals surface area contributed by atoms with Crippen molar-refractivity contribution in [1.82, 2.24) is 15.2 Å². The Balaban J connectivity index is 2.15. The standard InChI is InChI=1S/C12H13N5O3/c1-17(2)10-5-7(3-4-13-10)11(18)14-9-6-8(12(19)20)15-16-9/h3-6H,1-2H3,(H,19,20)(H2,14,15,16,18). The van der Waals surface area contributed by atoms with Gasteiger partial charge in [-0.15, -0.1) is 0 Å². The van der Waals surface area contributed by atoms with E-state index in [0.717, 1.165) is 0 Å². The third-order valence-electron chi connectivity index (χ3n) is 2.52. The number of anilines is 2. The molecule has 0 atom stereocenters. The number of carboxylic acid groups (broad SMARTS) is 1. The van der Waals surface area contributed by atoms with Crippen LogP contribution in [0.15, 0.2) is 24.4 Å². The molecule has 0 bridgehead atoms. The molecule has 0 aromatic carbocycles. The van der Waals surface area contributed by atoms with E-state index in [4.69, 9.17) is 5.11 Å². The van der Waals surface area contributed by atoms with Gasteiger partial charge in [0.25, 0.3) is 5.91 Å². The van der Waals surface area contributed by atoms with E-state index >= 15 is 0 Å². The first-order chi connectivity index (χ1) is 9.47. The average molecular weight is 275 g/mol. The Hall–Kier alpha value is -2.90. The van der Waals surface area contributed by atoms with Crippen LogP contribution in [0, 0.1) is 0 Å². The zero-order valence-electron chi connectivity index (χ0n) is 10.9. The van der Waals surface area contributed by atoms with Crippen LogP contribution in [0.5, 0.6) is 0 Å². The van der Waals surface area contributed by atoms with Gasteiger partial charge in [-0.3, -0.25) is 9.89 Å². The molecule has 0 unspecified atom stereocenters. The van der Waals surface area contributed by atoms with E-state index in [9.17, 15) is 9.59 Å². The molecule has 0 spiro atoms. The largest absolute Gasteiger partial charge is 0.477 e. The maximum absolute atomic E-state index is 12.0. The van der Waals surface area contributed by atoms with Crippen molar-refractivity contribution in [2.45, 2.75) is 0 Å². The van der Waals surface area contributed by atoms with Crippen LogP contribution in [0.25, 0.3) is 0 Å². The van der Waals surface area contributed by atoms with Crippen molar-refractivity contribution in [1.29, 1.82) is 0 Å². The molecule has 2 rings (SSSR count). The third-order valence-corrected chi connectivity index (χ3v) is 2.52. The Labute approximate surface area is 114 Å². The number of pyridine rings is 1. The molecule has 8 heteroatoms. The van der Waals surface area contributed by atoms with E-state index in [0.29, 0.717) is 11.4 Å². The molecule has 1 amide bonds. The lowest BCUT2D eigenvalue weighted by Crippen LogP contribution is -2.15. The molecule has 8 nitrogen and oxygen atoms in total. The quantitative estimate of drug-likeness (QED) is 0.761. The smallest absolute Gasteiger partial charge is 0.353 e. The monoisotopic (exact) mass is 275 g/mol. The molecule has 0 aliphatic carbocycles. The number of aromatic nitrogens is 3. The highest BCUT2D eigenvalue weighted by Gasteiger charge is 2.12. The lowest BCUT2D eigenvalue weighted by Gasteiger charge is -2.11. The summed E-state index contributed by atoms with van der Waals surface area (Å²) in [5.74, 6) is -0.739. The van der Waals surface area contributed by atoms with Crippen molar-refractivity contribution >= 4 is 23.5 Å². The predicted molar refractivity (Wildman–Crippen MR) is 72.1 cm³/mol. The van der Waals surface area contributed by atoms with Crippen LogP contribution >= 0.6 is 0 Å². The third kappa shape index (κ3) is 2.91. The number of rotatable bonds is 4. The molecule has 0 aliphatic heterocycles. The number of nitrogens with zero attached hydrogens (tertiary/aromatic N) is 3. The first-order valence-electron chi connectivity index (χ1n) is 5.71. The average Bonchev–Trinajstić information content (AvgIpc) is 2.87. The Morgan fingerprint density at radius 2 is 2.10 bits per heavy atom. The van der Waals surface area contributed by atoms with E-state index < -0.39 is 5.97 Å². The minimum Gasteiger partial charge on any atom is -0.477 e. The first kappa shape index (κ1) is 13.5. The summed E-state index contributed by atoms with van der Waals surface area (Å²) in [6.45, 7) is 0. The van der Waals surface area contributed by atoms with Gasteiger partial charge in [-0.2, -0.15) is 5.10 Å². The highest BCUT2D eigenvalue weighted by molar-refractivity contribution is 6.04. The summed E-state index contributed by atoms with van der Waals surface area (Å²) < 4.78 is 0. The van der Waals surface area contributed by atoms with Crippen LogP contribution in [0.2, 0.25) is 0 Å². The van der Waals surface area contributed by atoms with Crippen molar-refractivity contribution in [3.05, 3.63) is 35.7 Å². The van der Waals surface area contributed by atoms with Gasteiger partial charge in [0, 0.05) is 31.9 Å². The van der Waals surface area contributed by atoms with Gasteiger partial charge in [0.1, 0.15) is 11.5 Å². The van der Waals surface area contributed by atoms with E-state index in [-0.39, 0.29) is 17.4 Å². The van der Waals surface area contributed by atoms with Crippen LogP contribution in [-0.2, 0) is 0 Å².